The molecule has 0 saturated carbocycles. The topological polar surface area (TPSA) is 67.0 Å². The highest BCUT2D eigenvalue weighted by Gasteiger charge is 2.33. The molecule has 8 heteroatoms. The van der Waals surface area contributed by atoms with E-state index in [-0.39, 0.29) is 11.6 Å². The van der Waals surface area contributed by atoms with Crippen LogP contribution in [-0.2, 0) is 10.9 Å². The number of nitrogens with zero attached hydrogens (tertiary/aromatic N) is 1. The molecule has 0 radical (unpaired) electrons. The summed E-state index contributed by atoms with van der Waals surface area (Å²) in [5.74, 6) is -0.399. The third kappa shape index (κ3) is 3.00. The molecule has 2 rings (SSSR count). The number of rotatable bonds is 3. The molecule has 1 aromatic rings. The van der Waals surface area contributed by atoms with Crippen LogP contribution in [0.5, 0.6) is 0 Å². The van der Waals surface area contributed by atoms with Crippen molar-refractivity contribution in [1.29, 1.82) is 0 Å². The van der Waals surface area contributed by atoms with Crippen LogP contribution in [0.15, 0.2) is 6.07 Å². The fourth-order valence-corrected chi connectivity index (χ4v) is 1.66. The van der Waals surface area contributed by atoms with Crippen molar-refractivity contribution >= 4 is 5.91 Å². The first-order valence-electron chi connectivity index (χ1n) is 5.45. The smallest absolute Gasteiger partial charge is 0.381 e. The Labute approximate surface area is 101 Å². The molecule has 5 nitrogen and oxygen atoms in total. The third-order valence-electron chi connectivity index (χ3n) is 2.69. The lowest BCUT2D eigenvalue weighted by Crippen LogP contribution is -2.29. The van der Waals surface area contributed by atoms with Crippen LogP contribution in [0.3, 0.4) is 0 Å². The zero-order chi connectivity index (χ0) is 13.2. The monoisotopic (exact) mass is 263 g/mol. The number of carbonyl (C=O) groups excluding carboxylic acids is 1. The number of alkyl halides is 3. The summed E-state index contributed by atoms with van der Waals surface area (Å²) in [6.45, 7) is 1.60. The van der Waals surface area contributed by atoms with Gasteiger partial charge in [0.25, 0.3) is 5.91 Å². The van der Waals surface area contributed by atoms with E-state index >= 15 is 0 Å². The van der Waals surface area contributed by atoms with E-state index in [1.165, 1.54) is 0 Å². The van der Waals surface area contributed by atoms with Crippen LogP contribution in [0.1, 0.15) is 22.6 Å². The molecule has 1 aromatic heterocycles. The number of aromatic amines is 1. The minimum Gasteiger partial charge on any atom is -0.381 e. The van der Waals surface area contributed by atoms with Crippen LogP contribution in [0.2, 0.25) is 0 Å². The number of hydrogen-bond donors (Lipinski definition) is 2. The standard InChI is InChI=1S/C10H12F3N3O2/c11-10(12,13)8-3-7(15-16-8)9(17)14-4-6-1-2-18-5-6/h3,6H,1-2,4-5H2,(H,14,17)(H,15,16). The van der Waals surface area contributed by atoms with Gasteiger partial charge in [0, 0.05) is 25.1 Å². The van der Waals surface area contributed by atoms with Crippen molar-refractivity contribution in [1.82, 2.24) is 15.5 Å². The lowest BCUT2D eigenvalue weighted by Gasteiger charge is -2.07. The molecule has 1 saturated heterocycles. The predicted molar refractivity (Wildman–Crippen MR) is 54.8 cm³/mol. The molecule has 0 aromatic carbocycles. The summed E-state index contributed by atoms with van der Waals surface area (Å²) >= 11 is 0. The lowest BCUT2D eigenvalue weighted by molar-refractivity contribution is -0.141. The minimum atomic E-state index is -4.52. The van der Waals surface area contributed by atoms with Crippen LogP contribution in [-0.4, -0.2) is 35.9 Å². The number of aromatic nitrogens is 2. The maximum atomic E-state index is 12.3. The van der Waals surface area contributed by atoms with Crippen molar-refractivity contribution in [2.24, 2.45) is 5.92 Å². The summed E-state index contributed by atoms with van der Waals surface area (Å²) in [6, 6.07) is 0.695. The number of carbonyl (C=O) groups is 1. The van der Waals surface area contributed by atoms with Gasteiger partial charge in [-0.2, -0.15) is 18.3 Å². The molecular formula is C10H12F3N3O2. The van der Waals surface area contributed by atoms with Crippen LogP contribution in [0.4, 0.5) is 13.2 Å². The molecule has 100 valence electrons. The molecule has 0 aliphatic carbocycles. The number of amides is 1. The predicted octanol–water partition coefficient (Wildman–Crippen LogP) is 1.19. The first-order chi connectivity index (χ1) is 8.47. The Hall–Kier alpha value is -1.57. The Balaban J connectivity index is 1.90. The Kier molecular flexibility index (Phi) is 3.55. The van der Waals surface area contributed by atoms with Crippen molar-refractivity contribution in [3.63, 3.8) is 0 Å². The lowest BCUT2D eigenvalue weighted by atomic mass is 10.1. The molecule has 1 amide bonds. The average molecular weight is 263 g/mol. The maximum absolute atomic E-state index is 12.3. The summed E-state index contributed by atoms with van der Waals surface area (Å²) in [7, 11) is 0. The maximum Gasteiger partial charge on any atom is 0.432 e. The zero-order valence-corrected chi connectivity index (χ0v) is 9.38. The van der Waals surface area contributed by atoms with Gasteiger partial charge in [0.1, 0.15) is 5.69 Å². The molecule has 2 N–H and O–H groups in total. The number of nitrogens with one attached hydrogen (secondary N) is 2. The summed E-state index contributed by atoms with van der Waals surface area (Å²) in [4.78, 5) is 11.5. The zero-order valence-electron chi connectivity index (χ0n) is 9.38. The summed E-state index contributed by atoms with van der Waals surface area (Å²) in [6.07, 6.45) is -3.68. The van der Waals surface area contributed by atoms with Crippen LogP contribution < -0.4 is 5.32 Å². The molecule has 1 aliphatic heterocycles. The van der Waals surface area contributed by atoms with E-state index < -0.39 is 17.8 Å². The van der Waals surface area contributed by atoms with Gasteiger partial charge in [-0.3, -0.25) is 9.89 Å². The van der Waals surface area contributed by atoms with Crippen molar-refractivity contribution in [2.45, 2.75) is 12.6 Å². The van der Waals surface area contributed by atoms with E-state index in [0.29, 0.717) is 25.8 Å². The largest absolute Gasteiger partial charge is 0.432 e. The summed E-state index contributed by atoms with van der Waals surface area (Å²) in [5, 5.41) is 7.67. The van der Waals surface area contributed by atoms with E-state index in [4.69, 9.17) is 4.74 Å². The highest BCUT2D eigenvalue weighted by molar-refractivity contribution is 5.92. The van der Waals surface area contributed by atoms with Crippen LogP contribution in [0, 0.1) is 5.92 Å². The van der Waals surface area contributed by atoms with Crippen LogP contribution in [0.25, 0.3) is 0 Å². The SMILES string of the molecule is O=C(NCC1CCOC1)c1cc(C(F)(F)F)[nH]n1. The number of ether oxygens (including phenoxy) is 1. The second-order valence-electron chi connectivity index (χ2n) is 4.10. The highest BCUT2D eigenvalue weighted by atomic mass is 19.4. The Morgan fingerprint density at radius 1 is 1.61 bits per heavy atom. The second kappa shape index (κ2) is 4.97. The molecule has 1 fully saturated rings. The first-order valence-corrected chi connectivity index (χ1v) is 5.45. The normalized spacial score (nSPS) is 20.1. The molecule has 1 aliphatic rings. The van der Waals surface area contributed by atoms with E-state index in [1.807, 2.05) is 0 Å². The van der Waals surface area contributed by atoms with Crippen molar-refractivity contribution in [2.75, 3.05) is 19.8 Å². The van der Waals surface area contributed by atoms with Gasteiger partial charge in [-0.15, -0.1) is 0 Å². The molecule has 18 heavy (non-hydrogen) atoms. The van der Waals surface area contributed by atoms with E-state index in [0.717, 1.165) is 6.42 Å². The van der Waals surface area contributed by atoms with Crippen molar-refractivity contribution in [3.8, 4) is 0 Å². The summed E-state index contributed by atoms with van der Waals surface area (Å²) < 4.78 is 42.0. The molecular weight excluding hydrogens is 251 g/mol. The number of H-pyrrole nitrogens is 1. The van der Waals surface area contributed by atoms with Crippen molar-refractivity contribution in [3.05, 3.63) is 17.5 Å². The van der Waals surface area contributed by atoms with Gasteiger partial charge in [-0.1, -0.05) is 0 Å². The Bertz CT molecular complexity index is 424. The van der Waals surface area contributed by atoms with Crippen molar-refractivity contribution < 1.29 is 22.7 Å². The fourth-order valence-electron chi connectivity index (χ4n) is 1.66. The van der Waals surface area contributed by atoms with E-state index in [2.05, 4.69) is 10.4 Å². The Morgan fingerprint density at radius 3 is 2.94 bits per heavy atom. The van der Waals surface area contributed by atoms with E-state index in [1.54, 1.807) is 5.10 Å². The third-order valence-corrected chi connectivity index (χ3v) is 2.69. The van der Waals surface area contributed by atoms with Gasteiger partial charge < -0.3 is 10.1 Å². The van der Waals surface area contributed by atoms with Gasteiger partial charge in [0.2, 0.25) is 0 Å². The van der Waals surface area contributed by atoms with Gasteiger partial charge in [0.05, 0.1) is 6.61 Å². The molecule has 0 bridgehead atoms. The van der Waals surface area contributed by atoms with Gasteiger partial charge >= 0.3 is 6.18 Å². The van der Waals surface area contributed by atoms with Gasteiger partial charge in [0.15, 0.2) is 5.69 Å². The van der Waals surface area contributed by atoms with Gasteiger partial charge in [-0.05, 0) is 6.42 Å². The summed E-state index contributed by atoms with van der Waals surface area (Å²) in [5.41, 5.74) is -1.29. The van der Waals surface area contributed by atoms with E-state index in [9.17, 15) is 18.0 Å². The average Bonchev–Trinajstić information content (AvgIpc) is 2.96. The van der Waals surface area contributed by atoms with Crippen LogP contribution >= 0.6 is 0 Å². The molecule has 0 spiro atoms. The number of halogens is 3. The minimum absolute atomic E-state index is 0.218. The number of hydrogen-bond acceptors (Lipinski definition) is 3. The second-order valence-corrected chi connectivity index (χ2v) is 4.10. The molecule has 1 unspecified atom stereocenters. The first kappa shape index (κ1) is 12.9. The quantitative estimate of drug-likeness (QED) is 0.861. The van der Waals surface area contributed by atoms with Gasteiger partial charge in [-0.25, -0.2) is 0 Å². The fraction of sp³-hybridized carbons (Fsp3) is 0.600. The Morgan fingerprint density at radius 2 is 2.39 bits per heavy atom. The highest BCUT2D eigenvalue weighted by Crippen LogP contribution is 2.27. The molecule has 2 heterocycles. The molecule has 1 atom stereocenters.